The first-order valence-corrected chi connectivity index (χ1v) is 9.98. The van der Waals surface area contributed by atoms with Crippen LogP contribution in [0.15, 0.2) is 35.3 Å². The second-order valence-electron chi connectivity index (χ2n) is 7.37. The van der Waals surface area contributed by atoms with Crippen LogP contribution in [0.25, 0.3) is 5.69 Å². The van der Waals surface area contributed by atoms with Gasteiger partial charge in [0.15, 0.2) is 0 Å². The predicted octanol–water partition coefficient (Wildman–Crippen LogP) is 2.96. The second-order valence-corrected chi connectivity index (χ2v) is 7.81. The van der Waals surface area contributed by atoms with Gasteiger partial charge in [-0.2, -0.15) is 9.78 Å². The first kappa shape index (κ1) is 18.3. The number of anilines is 1. The highest BCUT2D eigenvalue weighted by Crippen LogP contribution is 2.30. The zero-order valence-electron chi connectivity index (χ0n) is 15.6. The van der Waals surface area contributed by atoms with E-state index < -0.39 is 0 Å². The Morgan fingerprint density at radius 1 is 1.15 bits per heavy atom. The third kappa shape index (κ3) is 3.96. The van der Waals surface area contributed by atoms with Crippen LogP contribution in [0.4, 0.5) is 5.69 Å². The fourth-order valence-electron chi connectivity index (χ4n) is 3.78. The normalized spacial score (nSPS) is 18.8. The minimum absolute atomic E-state index is 0.110. The van der Waals surface area contributed by atoms with E-state index in [4.69, 9.17) is 16.3 Å². The lowest BCUT2D eigenvalue weighted by atomic mass is 10.2. The fraction of sp³-hybridized carbons (Fsp3) is 0.500. The zero-order valence-corrected chi connectivity index (χ0v) is 16.4. The highest BCUT2D eigenvalue weighted by Gasteiger charge is 2.25. The molecule has 1 aromatic heterocycles. The average Bonchev–Trinajstić information content (AvgIpc) is 3.17. The Labute approximate surface area is 164 Å². The van der Waals surface area contributed by atoms with E-state index in [1.807, 2.05) is 12.1 Å². The molecule has 4 rings (SSSR count). The molecular formula is C20H25ClN4O2. The molecule has 0 bridgehead atoms. The summed E-state index contributed by atoms with van der Waals surface area (Å²) in [6.45, 7) is 3.64. The van der Waals surface area contributed by atoms with Crippen LogP contribution in [0.1, 0.15) is 25.7 Å². The molecule has 1 saturated heterocycles. The lowest BCUT2D eigenvalue weighted by Gasteiger charge is -2.34. The van der Waals surface area contributed by atoms with Gasteiger partial charge >= 0.3 is 5.56 Å². The molecule has 144 valence electrons. The quantitative estimate of drug-likeness (QED) is 0.806. The van der Waals surface area contributed by atoms with Crippen molar-refractivity contribution in [2.24, 2.45) is 0 Å². The second kappa shape index (κ2) is 7.90. The maximum atomic E-state index is 13.3. The van der Waals surface area contributed by atoms with E-state index in [0.717, 1.165) is 57.5 Å². The average molecular weight is 389 g/mol. The van der Waals surface area contributed by atoms with Crippen molar-refractivity contribution in [1.29, 1.82) is 0 Å². The van der Waals surface area contributed by atoms with Gasteiger partial charge in [-0.1, -0.05) is 17.7 Å². The third-order valence-corrected chi connectivity index (χ3v) is 5.63. The van der Waals surface area contributed by atoms with Gasteiger partial charge in [-0.3, -0.25) is 4.79 Å². The Balaban J connectivity index is 1.74. The lowest BCUT2D eigenvalue weighted by molar-refractivity contribution is 0.205. The number of hydrogen-bond donors (Lipinski definition) is 0. The van der Waals surface area contributed by atoms with Gasteiger partial charge in [-0.25, -0.2) is 0 Å². The molecule has 0 spiro atoms. The van der Waals surface area contributed by atoms with E-state index in [1.54, 1.807) is 18.3 Å². The highest BCUT2D eigenvalue weighted by molar-refractivity contribution is 6.30. The SMILES string of the molecule is CN1CCN(c2cnn(-c3cccc(Cl)c3)c(=O)c2OC2CCCC2)CC1. The molecule has 2 aliphatic rings. The number of nitrogens with zero attached hydrogens (tertiary/aromatic N) is 4. The van der Waals surface area contributed by atoms with E-state index in [9.17, 15) is 4.79 Å². The number of halogens is 1. The summed E-state index contributed by atoms with van der Waals surface area (Å²) in [4.78, 5) is 17.8. The molecule has 2 fully saturated rings. The smallest absolute Gasteiger partial charge is 0.316 e. The molecule has 0 N–H and O–H groups in total. The van der Waals surface area contributed by atoms with Gasteiger partial charge in [0.1, 0.15) is 5.69 Å². The summed E-state index contributed by atoms with van der Waals surface area (Å²) in [5.41, 5.74) is 1.23. The van der Waals surface area contributed by atoms with Crippen molar-refractivity contribution < 1.29 is 4.74 Å². The molecule has 0 unspecified atom stereocenters. The number of rotatable bonds is 4. The van der Waals surface area contributed by atoms with E-state index in [-0.39, 0.29) is 11.7 Å². The Kier molecular flexibility index (Phi) is 5.36. The zero-order chi connectivity index (χ0) is 18.8. The molecule has 2 aromatic rings. The summed E-state index contributed by atoms with van der Waals surface area (Å²) < 4.78 is 7.63. The molecule has 0 amide bonds. The Morgan fingerprint density at radius 2 is 1.89 bits per heavy atom. The summed E-state index contributed by atoms with van der Waals surface area (Å²) >= 11 is 6.10. The molecule has 1 aliphatic carbocycles. The molecule has 1 aliphatic heterocycles. The van der Waals surface area contributed by atoms with Crippen LogP contribution in [-0.4, -0.2) is 54.0 Å². The van der Waals surface area contributed by atoms with Gasteiger partial charge in [0, 0.05) is 31.2 Å². The van der Waals surface area contributed by atoms with Crippen molar-refractivity contribution in [3.63, 3.8) is 0 Å². The molecular weight excluding hydrogens is 364 g/mol. The van der Waals surface area contributed by atoms with Crippen molar-refractivity contribution in [3.8, 4) is 11.4 Å². The number of piperazine rings is 1. The standard InChI is InChI=1S/C20H25ClN4O2/c1-23-9-11-24(12-10-23)18-14-22-25(16-6-4-5-15(21)13-16)20(26)19(18)27-17-7-2-3-8-17/h4-6,13-14,17H,2-3,7-12H2,1H3. The summed E-state index contributed by atoms with van der Waals surface area (Å²) in [6.07, 6.45) is 6.18. The van der Waals surface area contributed by atoms with Crippen LogP contribution >= 0.6 is 11.6 Å². The summed E-state index contributed by atoms with van der Waals surface area (Å²) in [5.74, 6) is 0.418. The summed E-state index contributed by atoms with van der Waals surface area (Å²) in [5, 5.41) is 5.00. The largest absolute Gasteiger partial charge is 0.483 e. The number of ether oxygens (including phenoxy) is 1. The topological polar surface area (TPSA) is 50.6 Å². The monoisotopic (exact) mass is 388 g/mol. The fourth-order valence-corrected chi connectivity index (χ4v) is 3.96. The highest BCUT2D eigenvalue weighted by atomic mass is 35.5. The lowest BCUT2D eigenvalue weighted by Crippen LogP contribution is -2.45. The first-order chi connectivity index (χ1) is 13.1. The third-order valence-electron chi connectivity index (χ3n) is 5.40. The van der Waals surface area contributed by atoms with Crippen LogP contribution in [0.3, 0.4) is 0 Å². The maximum absolute atomic E-state index is 13.3. The van der Waals surface area contributed by atoms with Crippen molar-refractivity contribution in [2.45, 2.75) is 31.8 Å². The van der Waals surface area contributed by atoms with E-state index >= 15 is 0 Å². The van der Waals surface area contributed by atoms with Crippen molar-refractivity contribution in [3.05, 3.63) is 45.8 Å². The van der Waals surface area contributed by atoms with Crippen LogP contribution in [0, 0.1) is 0 Å². The van der Waals surface area contributed by atoms with Gasteiger partial charge in [0.2, 0.25) is 5.75 Å². The van der Waals surface area contributed by atoms with Crippen molar-refractivity contribution in [2.75, 3.05) is 38.1 Å². The van der Waals surface area contributed by atoms with E-state index in [2.05, 4.69) is 21.9 Å². The Bertz CT molecular complexity index is 855. The number of likely N-dealkylation sites (N-methyl/N-ethyl adjacent to an activating group) is 1. The minimum atomic E-state index is -0.222. The number of aromatic nitrogens is 2. The Hall–Kier alpha value is -2.05. The molecule has 1 aromatic carbocycles. The number of hydrogen-bond acceptors (Lipinski definition) is 5. The van der Waals surface area contributed by atoms with Crippen LogP contribution < -0.4 is 15.2 Å². The molecule has 27 heavy (non-hydrogen) atoms. The first-order valence-electron chi connectivity index (χ1n) is 9.60. The molecule has 0 atom stereocenters. The molecule has 1 saturated carbocycles. The van der Waals surface area contributed by atoms with Gasteiger partial charge in [-0.05, 0) is 50.9 Å². The van der Waals surface area contributed by atoms with Crippen LogP contribution in [-0.2, 0) is 0 Å². The molecule has 7 heteroatoms. The predicted molar refractivity (Wildman–Crippen MR) is 107 cm³/mol. The van der Waals surface area contributed by atoms with Gasteiger partial charge < -0.3 is 14.5 Å². The number of benzene rings is 1. The minimum Gasteiger partial charge on any atom is -0.483 e. The van der Waals surface area contributed by atoms with Crippen LogP contribution in [0.5, 0.6) is 5.75 Å². The van der Waals surface area contributed by atoms with E-state index in [1.165, 1.54) is 4.68 Å². The molecule has 6 nitrogen and oxygen atoms in total. The van der Waals surface area contributed by atoms with Crippen LogP contribution in [0.2, 0.25) is 5.02 Å². The van der Waals surface area contributed by atoms with Gasteiger partial charge in [-0.15, -0.1) is 0 Å². The van der Waals surface area contributed by atoms with Gasteiger partial charge in [0.25, 0.3) is 0 Å². The van der Waals surface area contributed by atoms with Crippen molar-refractivity contribution in [1.82, 2.24) is 14.7 Å². The summed E-state index contributed by atoms with van der Waals surface area (Å²) in [7, 11) is 2.11. The maximum Gasteiger partial charge on any atom is 0.316 e. The molecule has 2 heterocycles. The summed E-state index contributed by atoms with van der Waals surface area (Å²) in [6, 6.07) is 7.17. The van der Waals surface area contributed by atoms with Gasteiger partial charge in [0.05, 0.1) is 18.0 Å². The molecule has 0 radical (unpaired) electrons. The van der Waals surface area contributed by atoms with E-state index in [0.29, 0.717) is 16.5 Å². The van der Waals surface area contributed by atoms with Crippen molar-refractivity contribution >= 4 is 17.3 Å². The Morgan fingerprint density at radius 3 is 2.59 bits per heavy atom.